The molecule has 0 aliphatic heterocycles. The van der Waals surface area contributed by atoms with Crippen molar-refractivity contribution in [2.75, 3.05) is 13.6 Å². The van der Waals surface area contributed by atoms with E-state index >= 15 is 0 Å². The number of rotatable bonds is 5. The Balaban J connectivity index is 1.94. The Kier molecular flexibility index (Phi) is 3.84. The van der Waals surface area contributed by atoms with Crippen molar-refractivity contribution >= 4 is 17.3 Å². The third-order valence-corrected chi connectivity index (χ3v) is 4.55. The van der Waals surface area contributed by atoms with Crippen LogP contribution in [0.15, 0.2) is 6.07 Å². The standard InChI is InChI=1S/C13H19NO2S/c1-9-11(6-12(17-9)13(15)16)8-14(2)7-10-4-3-5-10/h6,10H,3-5,7-8H2,1-2H3,(H,15,16). The first-order chi connectivity index (χ1) is 8.06. The Hall–Kier alpha value is -0.870. The van der Waals surface area contributed by atoms with Crippen molar-refractivity contribution < 1.29 is 9.90 Å². The molecule has 1 aromatic rings. The van der Waals surface area contributed by atoms with Crippen LogP contribution in [0, 0.1) is 12.8 Å². The molecule has 0 aromatic carbocycles. The summed E-state index contributed by atoms with van der Waals surface area (Å²) < 4.78 is 0. The van der Waals surface area contributed by atoms with Gasteiger partial charge in [-0.25, -0.2) is 4.79 Å². The van der Waals surface area contributed by atoms with Crippen LogP contribution in [-0.2, 0) is 6.54 Å². The molecule has 3 nitrogen and oxygen atoms in total. The number of aryl methyl sites for hydroxylation is 1. The molecule has 1 N–H and O–H groups in total. The summed E-state index contributed by atoms with van der Waals surface area (Å²) in [6, 6.07) is 1.82. The van der Waals surface area contributed by atoms with Crippen LogP contribution in [0.2, 0.25) is 0 Å². The summed E-state index contributed by atoms with van der Waals surface area (Å²) in [6.45, 7) is 4.01. The van der Waals surface area contributed by atoms with Gasteiger partial charge in [-0.1, -0.05) is 6.42 Å². The average Bonchev–Trinajstić information content (AvgIpc) is 2.55. The minimum atomic E-state index is -0.814. The molecule has 1 aliphatic carbocycles. The fourth-order valence-electron chi connectivity index (χ4n) is 2.25. The van der Waals surface area contributed by atoms with E-state index in [1.54, 1.807) is 0 Å². The lowest BCUT2D eigenvalue weighted by Gasteiger charge is -2.30. The third-order valence-electron chi connectivity index (χ3n) is 3.47. The normalized spacial score (nSPS) is 16.2. The first-order valence-corrected chi connectivity index (χ1v) is 6.89. The van der Waals surface area contributed by atoms with E-state index in [-0.39, 0.29) is 0 Å². The van der Waals surface area contributed by atoms with Crippen molar-refractivity contribution in [3.63, 3.8) is 0 Å². The van der Waals surface area contributed by atoms with Gasteiger partial charge in [-0.3, -0.25) is 0 Å². The lowest BCUT2D eigenvalue weighted by Crippen LogP contribution is -2.29. The van der Waals surface area contributed by atoms with Crippen LogP contribution in [0.1, 0.15) is 39.4 Å². The largest absolute Gasteiger partial charge is 0.477 e. The van der Waals surface area contributed by atoms with Crippen LogP contribution in [0.5, 0.6) is 0 Å². The Morgan fingerprint density at radius 3 is 2.76 bits per heavy atom. The maximum atomic E-state index is 10.9. The van der Waals surface area contributed by atoms with Gasteiger partial charge >= 0.3 is 5.97 Å². The second-order valence-corrected chi connectivity index (χ2v) is 6.25. The van der Waals surface area contributed by atoms with Crippen LogP contribution in [0.3, 0.4) is 0 Å². The van der Waals surface area contributed by atoms with E-state index in [4.69, 9.17) is 5.11 Å². The van der Waals surface area contributed by atoms with Gasteiger partial charge in [-0.15, -0.1) is 11.3 Å². The smallest absolute Gasteiger partial charge is 0.345 e. The summed E-state index contributed by atoms with van der Waals surface area (Å²) >= 11 is 1.38. The first-order valence-electron chi connectivity index (χ1n) is 6.07. The Morgan fingerprint density at radius 1 is 1.59 bits per heavy atom. The Labute approximate surface area is 106 Å². The van der Waals surface area contributed by atoms with Gasteiger partial charge in [-0.2, -0.15) is 0 Å². The molecule has 0 unspecified atom stereocenters. The summed E-state index contributed by atoms with van der Waals surface area (Å²) in [4.78, 5) is 14.8. The van der Waals surface area contributed by atoms with Gasteiger partial charge in [0.15, 0.2) is 0 Å². The molecule has 0 radical (unpaired) electrons. The number of aromatic carboxylic acids is 1. The molecule has 0 saturated heterocycles. The van der Waals surface area contributed by atoms with E-state index in [0.29, 0.717) is 4.88 Å². The van der Waals surface area contributed by atoms with E-state index in [0.717, 1.165) is 29.4 Å². The van der Waals surface area contributed by atoms with Gasteiger partial charge in [0.05, 0.1) is 0 Å². The number of carboxylic acids is 1. The maximum absolute atomic E-state index is 10.9. The van der Waals surface area contributed by atoms with Crippen LogP contribution >= 0.6 is 11.3 Å². The molecule has 1 fully saturated rings. The number of hydrogen-bond donors (Lipinski definition) is 1. The second kappa shape index (κ2) is 5.19. The lowest BCUT2D eigenvalue weighted by molar-refractivity contribution is 0.0702. The zero-order valence-corrected chi connectivity index (χ0v) is 11.2. The van der Waals surface area contributed by atoms with Gasteiger partial charge < -0.3 is 10.0 Å². The summed E-state index contributed by atoms with van der Waals surface area (Å²) in [7, 11) is 2.12. The van der Waals surface area contributed by atoms with Crippen molar-refractivity contribution in [2.45, 2.75) is 32.7 Å². The van der Waals surface area contributed by atoms with Crippen LogP contribution < -0.4 is 0 Å². The zero-order valence-electron chi connectivity index (χ0n) is 10.4. The average molecular weight is 253 g/mol. The van der Waals surface area contributed by atoms with E-state index < -0.39 is 5.97 Å². The molecule has 1 aromatic heterocycles. The maximum Gasteiger partial charge on any atom is 0.345 e. The molecule has 0 atom stereocenters. The van der Waals surface area contributed by atoms with Crippen molar-refractivity contribution in [3.05, 3.63) is 21.4 Å². The van der Waals surface area contributed by atoms with Crippen LogP contribution in [-0.4, -0.2) is 29.6 Å². The second-order valence-electron chi connectivity index (χ2n) is 4.99. The minimum Gasteiger partial charge on any atom is -0.477 e. The number of nitrogens with zero attached hydrogens (tertiary/aromatic N) is 1. The molecular weight excluding hydrogens is 234 g/mol. The van der Waals surface area contributed by atoms with E-state index in [9.17, 15) is 4.79 Å². The Bertz CT molecular complexity index is 410. The van der Waals surface area contributed by atoms with Crippen molar-refractivity contribution in [1.82, 2.24) is 4.90 Å². The first kappa shape index (κ1) is 12.6. The fraction of sp³-hybridized carbons (Fsp3) is 0.615. The van der Waals surface area contributed by atoms with Crippen molar-refractivity contribution in [1.29, 1.82) is 0 Å². The lowest BCUT2D eigenvalue weighted by atomic mass is 9.85. The Morgan fingerprint density at radius 2 is 2.29 bits per heavy atom. The number of hydrogen-bond acceptors (Lipinski definition) is 3. The predicted octanol–water partition coefficient (Wildman–Crippen LogP) is 2.99. The number of thiophene rings is 1. The molecule has 4 heteroatoms. The quantitative estimate of drug-likeness (QED) is 0.877. The molecular formula is C13H19NO2S. The van der Waals surface area contributed by atoms with Gasteiger partial charge in [0.1, 0.15) is 4.88 Å². The van der Waals surface area contributed by atoms with Gasteiger partial charge in [-0.05, 0) is 44.4 Å². The summed E-state index contributed by atoms with van der Waals surface area (Å²) in [5.74, 6) is 0.0453. The van der Waals surface area contributed by atoms with Crippen LogP contribution in [0.4, 0.5) is 0 Å². The van der Waals surface area contributed by atoms with E-state index in [1.165, 1.54) is 30.6 Å². The van der Waals surface area contributed by atoms with E-state index in [2.05, 4.69) is 11.9 Å². The highest BCUT2D eigenvalue weighted by molar-refractivity contribution is 7.14. The molecule has 0 spiro atoms. The van der Waals surface area contributed by atoms with Gasteiger partial charge in [0.25, 0.3) is 0 Å². The summed E-state index contributed by atoms with van der Waals surface area (Å²) in [5.41, 5.74) is 1.16. The molecule has 2 rings (SSSR count). The molecule has 1 saturated carbocycles. The topological polar surface area (TPSA) is 40.5 Å². The number of carbonyl (C=O) groups is 1. The zero-order chi connectivity index (χ0) is 12.4. The van der Waals surface area contributed by atoms with Crippen molar-refractivity contribution in [2.24, 2.45) is 5.92 Å². The van der Waals surface area contributed by atoms with Gasteiger partial charge in [0, 0.05) is 18.0 Å². The minimum absolute atomic E-state index is 0.453. The fourth-order valence-corrected chi connectivity index (χ4v) is 3.13. The highest BCUT2D eigenvalue weighted by Gasteiger charge is 2.20. The highest BCUT2D eigenvalue weighted by atomic mass is 32.1. The molecule has 17 heavy (non-hydrogen) atoms. The molecule has 1 heterocycles. The highest BCUT2D eigenvalue weighted by Crippen LogP contribution is 2.28. The number of carboxylic acid groups (broad SMARTS) is 1. The molecule has 1 aliphatic rings. The molecule has 0 bridgehead atoms. The summed E-state index contributed by atoms with van der Waals surface area (Å²) in [5, 5.41) is 8.95. The van der Waals surface area contributed by atoms with E-state index in [1.807, 2.05) is 13.0 Å². The third kappa shape index (κ3) is 3.07. The predicted molar refractivity (Wildman–Crippen MR) is 69.7 cm³/mol. The molecule has 94 valence electrons. The monoisotopic (exact) mass is 253 g/mol. The summed E-state index contributed by atoms with van der Waals surface area (Å²) in [6.07, 6.45) is 4.08. The van der Waals surface area contributed by atoms with Gasteiger partial charge in [0.2, 0.25) is 0 Å². The SMILES string of the molecule is Cc1sc(C(=O)O)cc1CN(C)CC1CCC1. The van der Waals surface area contributed by atoms with Crippen LogP contribution in [0.25, 0.3) is 0 Å². The molecule has 0 amide bonds. The van der Waals surface area contributed by atoms with Crippen molar-refractivity contribution in [3.8, 4) is 0 Å².